The Morgan fingerprint density at radius 1 is 0.893 bits per heavy atom. The van der Waals surface area contributed by atoms with Gasteiger partial charge < -0.3 is 10.1 Å². The second kappa shape index (κ2) is 8.14. The molecule has 1 amide bonds. The van der Waals surface area contributed by atoms with Crippen LogP contribution in [0.5, 0.6) is 5.75 Å². The van der Waals surface area contributed by atoms with Gasteiger partial charge in [-0.05, 0) is 35.4 Å². The maximum Gasteiger partial charge on any atom is 0.262 e. The predicted molar refractivity (Wildman–Crippen MR) is 110 cm³/mol. The quantitative estimate of drug-likeness (QED) is 0.656. The van der Waals surface area contributed by atoms with Crippen molar-refractivity contribution in [1.82, 2.24) is 0 Å². The Morgan fingerprint density at radius 3 is 2.14 bits per heavy atom. The maximum atomic E-state index is 12.7. The van der Waals surface area contributed by atoms with Gasteiger partial charge in [-0.2, -0.15) is 0 Å². The van der Waals surface area contributed by atoms with Gasteiger partial charge in [-0.15, -0.1) is 0 Å². The molecule has 0 aromatic heterocycles. The van der Waals surface area contributed by atoms with Gasteiger partial charge in [0.25, 0.3) is 10.0 Å². The van der Waals surface area contributed by atoms with Crippen molar-refractivity contribution in [2.75, 3.05) is 17.1 Å². The molecule has 0 saturated carbocycles. The van der Waals surface area contributed by atoms with Gasteiger partial charge in [0.15, 0.2) is 0 Å². The van der Waals surface area contributed by atoms with Crippen molar-refractivity contribution in [2.24, 2.45) is 0 Å². The summed E-state index contributed by atoms with van der Waals surface area (Å²) in [5.74, 6) is -0.0111. The van der Waals surface area contributed by atoms with Crippen molar-refractivity contribution < 1.29 is 17.9 Å². The highest BCUT2D eigenvalue weighted by Crippen LogP contribution is 2.29. The molecular formula is C21H20N2O4S. The summed E-state index contributed by atoms with van der Waals surface area (Å²) < 4.78 is 33.2. The first-order chi connectivity index (χ1) is 13.4. The van der Waals surface area contributed by atoms with E-state index in [-0.39, 0.29) is 16.6 Å². The zero-order valence-corrected chi connectivity index (χ0v) is 16.3. The molecule has 0 radical (unpaired) electrons. The fourth-order valence-corrected chi connectivity index (χ4v) is 3.78. The van der Waals surface area contributed by atoms with E-state index in [1.807, 2.05) is 42.5 Å². The summed E-state index contributed by atoms with van der Waals surface area (Å²) in [7, 11) is -2.40. The molecule has 0 aliphatic rings. The third-order valence-electron chi connectivity index (χ3n) is 4.04. The number of carbonyl (C=O) groups excluding carboxylic acids is 1. The van der Waals surface area contributed by atoms with Crippen LogP contribution in [0.2, 0.25) is 0 Å². The average Bonchev–Trinajstić information content (AvgIpc) is 2.68. The summed E-state index contributed by atoms with van der Waals surface area (Å²) in [6.45, 7) is 1.37. The van der Waals surface area contributed by atoms with Gasteiger partial charge in [-0.1, -0.05) is 42.5 Å². The molecule has 0 saturated heterocycles. The third-order valence-corrected chi connectivity index (χ3v) is 5.42. The molecule has 0 aliphatic carbocycles. The molecule has 0 bridgehead atoms. The molecule has 2 N–H and O–H groups in total. The molecule has 0 aliphatic heterocycles. The van der Waals surface area contributed by atoms with Crippen LogP contribution in [0.3, 0.4) is 0 Å². The Morgan fingerprint density at radius 2 is 1.54 bits per heavy atom. The standard InChI is InChI=1S/C21H20N2O4S/c1-15(24)22-20-13-12-19(14-21(20)27-2)28(25,26)23-18-10-8-17(9-11-18)16-6-4-3-5-7-16/h3-14,23H,1-2H3,(H,22,24). The number of anilines is 2. The van der Waals surface area contributed by atoms with Gasteiger partial charge >= 0.3 is 0 Å². The lowest BCUT2D eigenvalue weighted by Gasteiger charge is -2.13. The van der Waals surface area contributed by atoms with E-state index in [1.165, 1.54) is 32.2 Å². The average molecular weight is 396 g/mol. The van der Waals surface area contributed by atoms with E-state index in [2.05, 4.69) is 10.0 Å². The van der Waals surface area contributed by atoms with Gasteiger partial charge in [0.1, 0.15) is 5.75 Å². The van der Waals surface area contributed by atoms with E-state index >= 15 is 0 Å². The lowest BCUT2D eigenvalue weighted by molar-refractivity contribution is -0.114. The van der Waals surface area contributed by atoms with Crippen molar-refractivity contribution in [3.8, 4) is 16.9 Å². The Labute approximate surface area is 164 Å². The Balaban J connectivity index is 1.82. The van der Waals surface area contributed by atoms with E-state index in [4.69, 9.17) is 4.74 Å². The minimum absolute atomic E-state index is 0.0330. The van der Waals surface area contributed by atoms with Crippen LogP contribution in [-0.2, 0) is 14.8 Å². The van der Waals surface area contributed by atoms with Gasteiger partial charge in [-0.3, -0.25) is 9.52 Å². The number of ether oxygens (including phenoxy) is 1. The number of methoxy groups -OCH3 is 1. The summed E-state index contributed by atoms with van der Waals surface area (Å²) in [5.41, 5.74) is 2.89. The zero-order valence-electron chi connectivity index (χ0n) is 15.5. The second-order valence-electron chi connectivity index (χ2n) is 6.09. The van der Waals surface area contributed by atoms with E-state index in [0.717, 1.165) is 11.1 Å². The number of amides is 1. The SMILES string of the molecule is COc1cc(S(=O)(=O)Nc2ccc(-c3ccccc3)cc2)ccc1NC(C)=O. The number of sulfonamides is 1. The lowest BCUT2D eigenvalue weighted by Crippen LogP contribution is -2.14. The first kappa shape index (κ1) is 19.4. The lowest BCUT2D eigenvalue weighted by atomic mass is 10.1. The smallest absolute Gasteiger partial charge is 0.262 e. The molecule has 3 aromatic carbocycles. The zero-order chi connectivity index (χ0) is 20.1. The van der Waals surface area contributed by atoms with Crippen molar-refractivity contribution >= 4 is 27.3 Å². The summed E-state index contributed by atoms with van der Waals surface area (Å²) >= 11 is 0. The highest BCUT2D eigenvalue weighted by atomic mass is 32.2. The Hall–Kier alpha value is -3.32. The van der Waals surface area contributed by atoms with Gasteiger partial charge in [0.2, 0.25) is 5.91 Å². The molecule has 3 aromatic rings. The summed E-state index contributed by atoms with van der Waals surface area (Å²) in [6, 6.07) is 21.2. The summed E-state index contributed by atoms with van der Waals surface area (Å²) in [5, 5.41) is 2.60. The molecule has 28 heavy (non-hydrogen) atoms. The number of hydrogen-bond donors (Lipinski definition) is 2. The van der Waals surface area contributed by atoms with Gasteiger partial charge in [0, 0.05) is 18.7 Å². The van der Waals surface area contributed by atoms with Crippen LogP contribution in [-0.4, -0.2) is 21.4 Å². The van der Waals surface area contributed by atoms with Crippen molar-refractivity contribution in [3.63, 3.8) is 0 Å². The molecule has 0 unspecified atom stereocenters. The van der Waals surface area contributed by atoms with E-state index in [0.29, 0.717) is 11.4 Å². The van der Waals surface area contributed by atoms with Crippen LogP contribution >= 0.6 is 0 Å². The van der Waals surface area contributed by atoms with Crippen molar-refractivity contribution in [2.45, 2.75) is 11.8 Å². The van der Waals surface area contributed by atoms with Crippen LogP contribution in [0.1, 0.15) is 6.92 Å². The highest BCUT2D eigenvalue weighted by Gasteiger charge is 2.17. The number of carbonyl (C=O) groups is 1. The molecule has 144 valence electrons. The van der Waals surface area contributed by atoms with Gasteiger partial charge in [-0.25, -0.2) is 8.42 Å². The molecule has 0 spiro atoms. The first-order valence-corrected chi connectivity index (χ1v) is 10.0. The molecule has 3 rings (SSSR count). The number of hydrogen-bond acceptors (Lipinski definition) is 4. The second-order valence-corrected chi connectivity index (χ2v) is 7.77. The number of nitrogens with one attached hydrogen (secondary N) is 2. The molecular weight excluding hydrogens is 376 g/mol. The van der Waals surface area contributed by atoms with Gasteiger partial charge in [0.05, 0.1) is 17.7 Å². The van der Waals surface area contributed by atoms with E-state index in [1.54, 1.807) is 12.1 Å². The third kappa shape index (κ3) is 4.50. The molecule has 6 nitrogen and oxygen atoms in total. The van der Waals surface area contributed by atoms with Crippen LogP contribution in [0, 0.1) is 0 Å². The number of rotatable bonds is 6. The predicted octanol–water partition coefficient (Wildman–Crippen LogP) is 4.12. The van der Waals surface area contributed by atoms with Crippen LogP contribution in [0.25, 0.3) is 11.1 Å². The molecule has 0 heterocycles. The minimum atomic E-state index is -3.81. The largest absolute Gasteiger partial charge is 0.495 e. The van der Waals surface area contributed by atoms with Crippen molar-refractivity contribution in [1.29, 1.82) is 0 Å². The van der Waals surface area contributed by atoms with Crippen LogP contribution < -0.4 is 14.8 Å². The molecule has 0 fully saturated rings. The van der Waals surface area contributed by atoms with Crippen LogP contribution in [0.4, 0.5) is 11.4 Å². The van der Waals surface area contributed by atoms with Crippen LogP contribution in [0.15, 0.2) is 77.7 Å². The first-order valence-electron chi connectivity index (χ1n) is 8.53. The fourth-order valence-electron chi connectivity index (χ4n) is 2.71. The fraction of sp³-hybridized carbons (Fsp3) is 0.0952. The van der Waals surface area contributed by atoms with E-state index in [9.17, 15) is 13.2 Å². The van der Waals surface area contributed by atoms with Crippen molar-refractivity contribution in [3.05, 3.63) is 72.8 Å². The molecule has 0 atom stereocenters. The monoisotopic (exact) mass is 396 g/mol. The summed E-state index contributed by atoms with van der Waals surface area (Å²) in [6.07, 6.45) is 0. The normalized spacial score (nSPS) is 10.9. The number of benzene rings is 3. The highest BCUT2D eigenvalue weighted by molar-refractivity contribution is 7.92. The Bertz CT molecular complexity index is 1080. The minimum Gasteiger partial charge on any atom is -0.495 e. The topological polar surface area (TPSA) is 84.5 Å². The Kier molecular flexibility index (Phi) is 5.65. The maximum absolute atomic E-state index is 12.7. The summed E-state index contributed by atoms with van der Waals surface area (Å²) in [4.78, 5) is 11.3. The molecule has 7 heteroatoms. The van der Waals surface area contributed by atoms with E-state index < -0.39 is 10.0 Å².